The number of rotatable bonds is 0. The van der Waals surface area contributed by atoms with Gasteiger partial charge < -0.3 is 0 Å². The zero-order valence-electron chi connectivity index (χ0n) is 13.1. The molecular weight excluding hydrogens is 556 g/mol. The summed E-state index contributed by atoms with van der Waals surface area (Å²) < 4.78 is 0. The molecule has 4 bridgehead atoms. The molecule has 0 spiro atoms. The number of fused-ring (bicyclic) bond motifs is 4. The summed E-state index contributed by atoms with van der Waals surface area (Å²) >= 11 is 1.62. The third-order valence-electron chi connectivity index (χ3n) is 3.31. The molecular formula is C20H16Se4. The van der Waals surface area contributed by atoms with Crippen LogP contribution in [0.1, 0.15) is 22.3 Å². The van der Waals surface area contributed by atoms with Crippen LogP contribution in [0.25, 0.3) is 0 Å². The molecule has 0 N–H and O–H groups in total. The van der Waals surface area contributed by atoms with E-state index in [-0.39, 0.29) is 0 Å². The van der Waals surface area contributed by atoms with Gasteiger partial charge in [-0.1, -0.05) is 0 Å². The second kappa shape index (κ2) is 10.6. The van der Waals surface area contributed by atoms with Crippen molar-refractivity contribution < 1.29 is 0 Å². The van der Waals surface area contributed by atoms with Crippen LogP contribution >= 0.6 is 0 Å². The Labute approximate surface area is 170 Å². The zero-order valence-corrected chi connectivity index (χ0v) is 19.9. The van der Waals surface area contributed by atoms with Crippen molar-refractivity contribution in [2.45, 2.75) is 21.3 Å². The van der Waals surface area contributed by atoms with Crippen LogP contribution in [-0.2, 0) is 21.3 Å². The van der Waals surface area contributed by atoms with Gasteiger partial charge in [-0.05, 0) is 0 Å². The fourth-order valence-electron chi connectivity index (χ4n) is 2.21. The van der Waals surface area contributed by atoms with Crippen molar-refractivity contribution in [2.24, 2.45) is 0 Å². The first-order valence-corrected chi connectivity index (χ1v) is 15.8. The first kappa shape index (κ1) is 18.4. The molecule has 0 radical (unpaired) electrons. The van der Waals surface area contributed by atoms with Gasteiger partial charge in [0.25, 0.3) is 0 Å². The SMILES string of the molecule is C1#C[Se]Cc2cccc(c2)C[Se]C#C[Se]Cc2cccc(c2)C[Se]1. The van der Waals surface area contributed by atoms with Crippen LogP contribution < -0.4 is 0 Å². The fourth-order valence-corrected chi connectivity index (χ4v) is 8.79. The van der Waals surface area contributed by atoms with Gasteiger partial charge in [0.1, 0.15) is 0 Å². The van der Waals surface area contributed by atoms with Crippen molar-refractivity contribution >= 4 is 59.8 Å². The van der Waals surface area contributed by atoms with Gasteiger partial charge in [-0.25, -0.2) is 0 Å². The second-order valence-electron chi connectivity index (χ2n) is 5.20. The van der Waals surface area contributed by atoms with Gasteiger partial charge in [0.05, 0.1) is 0 Å². The van der Waals surface area contributed by atoms with Crippen molar-refractivity contribution in [3.05, 3.63) is 70.8 Å². The monoisotopic (exact) mass is 576 g/mol. The molecule has 0 nitrogen and oxygen atoms in total. The van der Waals surface area contributed by atoms with Gasteiger partial charge >= 0.3 is 171 Å². The molecule has 0 unspecified atom stereocenters. The molecule has 0 saturated carbocycles. The van der Waals surface area contributed by atoms with Gasteiger partial charge in [0.15, 0.2) is 0 Å². The normalized spacial score (nSPS) is 15.0. The fraction of sp³-hybridized carbons (Fsp3) is 0.200. The van der Waals surface area contributed by atoms with Gasteiger partial charge in [-0.2, -0.15) is 0 Å². The molecule has 0 aromatic heterocycles. The molecule has 2 aromatic rings. The van der Waals surface area contributed by atoms with Crippen molar-refractivity contribution in [1.82, 2.24) is 0 Å². The predicted octanol–water partition coefficient (Wildman–Crippen LogP) is 2.05. The van der Waals surface area contributed by atoms with Gasteiger partial charge in [0.2, 0.25) is 0 Å². The van der Waals surface area contributed by atoms with E-state index in [0.29, 0.717) is 59.8 Å². The maximum atomic E-state index is 3.43. The summed E-state index contributed by atoms with van der Waals surface area (Å²) in [5.41, 5.74) is 5.76. The first-order chi connectivity index (χ1) is 11.9. The summed E-state index contributed by atoms with van der Waals surface area (Å²) in [6, 6.07) is 18.1. The van der Waals surface area contributed by atoms with Gasteiger partial charge in [0, 0.05) is 0 Å². The molecule has 0 fully saturated rings. The molecule has 1 aliphatic rings. The minimum atomic E-state index is 0.404. The average molecular weight is 572 g/mol. The second-order valence-corrected chi connectivity index (χ2v) is 11.8. The number of hydrogen-bond acceptors (Lipinski definition) is 0. The molecule has 24 heavy (non-hydrogen) atoms. The molecule has 1 heterocycles. The molecule has 4 heteroatoms. The summed E-state index contributed by atoms with van der Waals surface area (Å²) in [6.07, 6.45) is 0. The topological polar surface area (TPSA) is 0 Å². The average Bonchev–Trinajstić information content (AvgIpc) is 2.61. The quantitative estimate of drug-likeness (QED) is 0.335. The van der Waals surface area contributed by atoms with Crippen LogP contribution in [0.3, 0.4) is 0 Å². The Morgan fingerprint density at radius 3 is 1.08 bits per heavy atom. The maximum absolute atomic E-state index is 3.43. The summed E-state index contributed by atoms with van der Waals surface area (Å²) in [4.78, 5) is 13.7. The summed E-state index contributed by atoms with van der Waals surface area (Å²) in [5, 5.41) is 4.50. The van der Waals surface area contributed by atoms with E-state index in [1.165, 1.54) is 22.3 Å². The summed E-state index contributed by atoms with van der Waals surface area (Å²) in [5.74, 6) is 0. The van der Waals surface area contributed by atoms with Crippen LogP contribution in [0, 0.1) is 19.3 Å². The molecule has 1 aliphatic heterocycles. The van der Waals surface area contributed by atoms with Crippen molar-refractivity contribution in [1.29, 1.82) is 0 Å². The van der Waals surface area contributed by atoms with Gasteiger partial charge in [-0.3, -0.25) is 0 Å². The standard InChI is InChI=1S/C20H16Se4/c1-3-17-11-18(4-1)14-22-8-10-24-16-20-6-2-5-19(12-20)15-23-9-7-21-13-17/h1-6,11-12H,13-16H2. The Morgan fingerprint density at radius 2 is 0.792 bits per heavy atom. The molecule has 0 saturated heterocycles. The molecule has 0 atom stereocenters. The van der Waals surface area contributed by atoms with Crippen molar-refractivity contribution in [2.75, 3.05) is 0 Å². The predicted molar refractivity (Wildman–Crippen MR) is 106 cm³/mol. The third-order valence-corrected chi connectivity index (χ3v) is 10.7. The zero-order chi connectivity index (χ0) is 16.5. The van der Waals surface area contributed by atoms with E-state index >= 15 is 0 Å². The Bertz CT molecular complexity index is 681. The van der Waals surface area contributed by atoms with Crippen LogP contribution in [0.4, 0.5) is 0 Å². The summed E-state index contributed by atoms with van der Waals surface area (Å²) in [6.45, 7) is 0. The molecule has 120 valence electrons. The Morgan fingerprint density at radius 1 is 0.500 bits per heavy atom. The van der Waals surface area contributed by atoms with E-state index in [2.05, 4.69) is 67.8 Å². The first-order valence-electron chi connectivity index (χ1n) is 7.53. The van der Waals surface area contributed by atoms with Crippen molar-refractivity contribution in [3.8, 4) is 19.3 Å². The number of hydrogen-bond donors (Lipinski definition) is 0. The Balaban J connectivity index is 1.71. The van der Waals surface area contributed by atoms with E-state index in [9.17, 15) is 0 Å². The van der Waals surface area contributed by atoms with Crippen LogP contribution in [-0.4, -0.2) is 59.8 Å². The van der Waals surface area contributed by atoms with E-state index in [0.717, 1.165) is 21.3 Å². The molecule has 2 aromatic carbocycles. The number of benzene rings is 2. The van der Waals surface area contributed by atoms with Crippen LogP contribution in [0.15, 0.2) is 48.5 Å². The van der Waals surface area contributed by atoms with Gasteiger partial charge in [-0.15, -0.1) is 0 Å². The van der Waals surface area contributed by atoms with E-state index in [1.54, 1.807) is 0 Å². The molecule has 3 rings (SSSR count). The minimum absolute atomic E-state index is 0.404. The third kappa shape index (κ3) is 6.51. The Kier molecular flexibility index (Phi) is 8.13. The van der Waals surface area contributed by atoms with Crippen molar-refractivity contribution in [3.63, 3.8) is 0 Å². The summed E-state index contributed by atoms with van der Waals surface area (Å²) in [7, 11) is 0. The molecule has 0 aliphatic carbocycles. The molecule has 0 amide bonds. The van der Waals surface area contributed by atoms with Crippen LogP contribution in [0.5, 0.6) is 0 Å². The van der Waals surface area contributed by atoms with E-state index in [4.69, 9.17) is 0 Å². The Hall–Kier alpha value is -0.362. The van der Waals surface area contributed by atoms with Crippen LogP contribution in [0.2, 0.25) is 0 Å². The van der Waals surface area contributed by atoms with E-state index in [1.807, 2.05) is 0 Å². The van der Waals surface area contributed by atoms with E-state index < -0.39 is 0 Å².